The average molecular weight is 365 g/mol. The minimum atomic E-state index is -0.182. The van der Waals surface area contributed by atoms with Gasteiger partial charge in [0.15, 0.2) is 0 Å². The van der Waals surface area contributed by atoms with E-state index in [0.29, 0.717) is 12.3 Å². The molecule has 2 amide bonds. The number of aryl methyl sites for hydroxylation is 1. The Morgan fingerprint density at radius 2 is 1.93 bits per heavy atom. The Morgan fingerprint density at radius 1 is 1.07 bits per heavy atom. The van der Waals surface area contributed by atoms with Gasteiger partial charge >= 0.3 is 0 Å². The van der Waals surface area contributed by atoms with Crippen LogP contribution in [0.1, 0.15) is 62.2 Å². The van der Waals surface area contributed by atoms with Crippen LogP contribution in [0.4, 0.5) is 0 Å². The van der Waals surface area contributed by atoms with Crippen LogP contribution in [-0.4, -0.2) is 22.8 Å². The Labute approximate surface area is 159 Å². The molecule has 4 atom stereocenters. The van der Waals surface area contributed by atoms with Gasteiger partial charge in [-0.3, -0.25) is 9.59 Å². The smallest absolute Gasteiger partial charge is 0.224 e. The molecule has 4 unspecified atom stereocenters. The highest BCUT2D eigenvalue weighted by molar-refractivity contribution is 5.89. The van der Waals surface area contributed by atoms with Crippen molar-refractivity contribution in [1.82, 2.24) is 15.6 Å². The van der Waals surface area contributed by atoms with E-state index in [-0.39, 0.29) is 29.8 Å². The van der Waals surface area contributed by atoms with Crippen molar-refractivity contribution >= 4 is 22.7 Å². The van der Waals surface area contributed by atoms with E-state index in [2.05, 4.69) is 33.8 Å². The quantitative estimate of drug-likeness (QED) is 0.763. The molecule has 0 radical (unpaired) electrons. The summed E-state index contributed by atoms with van der Waals surface area (Å²) in [7, 11) is 0. The molecular weight excluding hydrogens is 338 g/mol. The Bertz CT molecular complexity index is 887. The molecule has 5 rings (SSSR count). The third-order valence-corrected chi connectivity index (χ3v) is 6.86. The highest BCUT2D eigenvalue weighted by Gasteiger charge is 2.42. The van der Waals surface area contributed by atoms with Gasteiger partial charge in [0.25, 0.3) is 0 Å². The lowest BCUT2D eigenvalue weighted by Crippen LogP contribution is -2.54. The van der Waals surface area contributed by atoms with Crippen molar-refractivity contribution in [1.29, 1.82) is 0 Å². The van der Waals surface area contributed by atoms with Crippen LogP contribution in [0, 0.1) is 11.8 Å². The Kier molecular flexibility index (Phi) is 4.18. The number of rotatable bonds is 2. The molecule has 0 spiro atoms. The second kappa shape index (κ2) is 6.70. The van der Waals surface area contributed by atoms with E-state index in [1.54, 1.807) is 0 Å². The third kappa shape index (κ3) is 2.93. The van der Waals surface area contributed by atoms with Gasteiger partial charge in [-0.2, -0.15) is 0 Å². The number of benzene rings is 1. The van der Waals surface area contributed by atoms with Gasteiger partial charge in [-0.05, 0) is 49.7 Å². The molecule has 3 aliphatic rings. The van der Waals surface area contributed by atoms with Crippen molar-refractivity contribution in [2.45, 2.75) is 63.5 Å². The Hall–Kier alpha value is -2.30. The van der Waals surface area contributed by atoms with E-state index in [1.807, 2.05) is 6.07 Å². The zero-order valence-electron chi connectivity index (χ0n) is 15.6. The van der Waals surface area contributed by atoms with Gasteiger partial charge in [0.1, 0.15) is 0 Å². The van der Waals surface area contributed by atoms with Crippen LogP contribution in [-0.2, 0) is 16.0 Å². The predicted molar refractivity (Wildman–Crippen MR) is 104 cm³/mol. The van der Waals surface area contributed by atoms with Crippen molar-refractivity contribution < 1.29 is 9.59 Å². The lowest BCUT2D eigenvalue weighted by atomic mass is 9.72. The lowest BCUT2D eigenvalue weighted by Gasteiger charge is -2.41. The van der Waals surface area contributed by atoms with Crippen molar-refractivity contribution in [3.8, 4) is 0 Å². The molecule has 2 heterocycles. The fourth-order valence-electron chi connectivity index (χ4n) is 5.56. The molecule has 1 aliphatic heterocycles. The summed E-state index contributed by atoms with van der Waals surface area (Å²) in [4.78, 5) is 28.9. The molecule has 1 aromatic carbocycles. The maximum Gasteiger partial charge on any atom is 0.224 e. The highest BCUT2D eigenvalue weighted by atomic mass is 16.2. The Balaban J connectivity index is 1.39. The summed E-state index contributed by atoms with van der Waals surface area (Å²) in [6.07, 6.45) is 7.80. The first-order chi connectivity index (χ1) is 13.2. The van der Waals surface area contributed by atoms with E-state index < -0.39 is 0 Å². The van der Waals surface area contributed by atoms with Crippen molar-refractivity contribution in [2.24, 2.45) is 11.8 Å². The molecule has 0 bridgehead atoms. The SMILES string of the molecule is O=C1CC(C(=O)NC2CCCc3c2[nH]c2ccccc32)C2CCCCC2N1. The van der Waals surface area contributed by atoms with Crippen LogP contribution in [0.3, 0.4) is 0 Å². The fraction of sp³-hybridized carbons (Fsp3) is 0.545. The molecule has 1 saturated heterocycles. The maximum atomic E-state index is 13.2. The highest BCUT2D eigenvalue weighted by Crippen LogP contribution is 2.38. The van der Waals surface area contributed by atoms with E-state index in [0.717, 1.165) is 56.2 Å². The number of aromatic nitrogens is 1. The van der Waals surface area contributed by atoms with Crippen molar-refractivity contribution in [3.05, 3.63) is 35.5 Å². The predicted octanol–water partition coefficient (Wildman–Crippen LogP) is 3.36. The molecular formula is C22H27N3O2. The van der Waals surface area contributed by atoms with Gasteiger partial charge in [0, 0.05) is 29.1 Å². The van der Waals surface area contributed by atoms with Gasteiger partial charge in [-0.25, -0.2) is 0 Å². The summed E-state index contributed by atoms with van der Waals surface area (Å²) in [5, 5.41) is 7.70. The number of carbonyl (C=O) groups excluding carboxylic acids is 2. The first-order valence-electron chi connectivity index (χ1n) is 10.4. The summed E-state index contributed by atoms with van der Waals surface area (Å²) in [6.45, 7) is 0. The first kappa shape index (κ1) is 16.8. The standard InChI is InChI=1S/C22H27N3O2/c26-20-12-16(14-7-2-3-9-17(14)23-20)22(27)25-19-11-5-8-15-13-6-1-4-10-18(13)24-21(15)19/h1,4,6,10,14,16-17,19,24H,2-3,5,7-9,11-12H2,(H,23,26)(H,25,27). The molecule has 5 nitrogen and oxygen atoms in total. The zero-order valence-corrected chi connectivity index (χ0v) is 15.6. The van der Waals surface area contributed by atoms with E-state index in [4.69, 9.17) is 0 Å². The average Bonchev–Trinajstić information content (AvgIpc) is 3.07. The van der Waals surface area contributed by atoms with Gasteiger partial charge in [0.05, 0.1) is 12.0 Å². The fourth-order valence-corrected chi connectivity index (χ4v) is 5.56. The largest absolute Gasteiger partial charge is 0.356 e. The van der Waals surface area contributed by atoms with Gasteiger partial charge in [0.2, 0.25) is 11.8 Å². The van der Waals surface area contributed by atoms with E-state index in [1.165, 1.54) is 10.9 Å². The number of fused-ring (bicyclic) bond motifs is 4. The van der Waals surface area contributed by atoms with Crippen molar-refractivity contribution in [3.63, 3.8) is 0 Å². The normalized spacial score (nSPS) is 30.3. The number of para-hydroxylation sites is 1. The summed E-state index contributed by atoms with van der Waals surface area (Å²) >= 11 is 0. The number of amides is 2. The Morgan fingerprint density at radius 3 is 2.85 bits per heavy atom. The third-order valence-electron chi connectivity index (χ3n) is 6.86. The van der Waals surface area contributed by atoms with Crippen LogP contribution in [0.15, 0.2) is 24.3 Å². The maximum absolute atomic E-state index is 13.2. The number of nitrogens with one attached hydrogen (secondary N) is 3. The minimum absolute atomic E-state index is 0.0284. The summed E-state index contributed by atoms with van der Waals surface area (Å²) in [5.41, 5.74) is 3.66. The number of H-pyrrole nitrogens is 1. The number of hydrogen-bond donors (Lipinski definition) is 3. The van der Waals surface area contributed by atoms with Crippen molar-refractivity contribution in [2.75, 3.05) is 0 Å². The van der Waals surface area contributed by atoms with Gasteiger partial charge in [-0.1, -0.05) is 31.0 Å². The number of hydrogen-bond acceptors (Lipinski definition) is 2. The summed E-state index contributed by atoms with van der Waals surface area (Å²) < 4.78 is 0. The molecule has 1 aromatic heterocycles. The second-order valence-corrected chi connectivity index (χ2v) is 8.45. The topological polar surface area (TPSA) is 74.0 Å². The summed E-state index contributed by atoms with van der Waals surface area (Å²) in [5.74, 6) is 0.215. The number of aromatic amines is 1. The molecule has 2 aromatic rings. The van der Waals surface area contributed by atoms with Crippen LogP contribution in [0.25, 0.3) is 10.9 Å². The molecule has 2 aliphatic carbocycles. The van der Waals surface area contributed by atoms with E-state index >= 15 is 0 Å². The van der Waals surface area contributed by atoms with Crippen LogP contribution < -0.4 is 10.6 Å². The monoisotopic (exact) mass is 365 g/mol. The van der Waals surface area contributed by atoms with Crippen LogP contribution >= 0.6 is 0 Å². The van der Waals surface area contributed by atoms with Gasteiger partial charge in [-0.15, -0.1) is 0 Å². The van der Waals surface area contributed by atoms with Crippen LogP contribution in [0.5, 0.6) is 0 Å². The molecule has 2 fully saturated rings. The summed E-state index contributed by atoms with van der Waals surface area (Å²) in [6, 6.07) is 8.59. The molecule has 1 saturated carbocycles. The van der Waals surface area contributed by atoms with Gasteiger partial charge < -0.3 is 15.6 Å². The number of piperidine rings is 1. The first-order valence-corrected chi connectivity index (χ1v) is 10.4. The van der Waals surface area contributed by atoms with E-state index in [9.17, 15) is 9.59 Å². The lowest BCUT2D eigenvalue weighted by molar-refractivity contribution is -0.138. The van der Waals surface area contributed by atoms with Crippen LogP contribution in [0.2, 0.25) is 0 Å². The molecule has 3 N–H and O–H groups in total. The number of carbonyl (C=O) groups is 2. The minimum Gasteiger partial charge on any atom is -0.356 e. The molecule has 5 heteroatoms. The zero-order chi connectivity index (χ0) is 18.4. The molecule has 142 valence electrons. The molecule has 27 heavy (non-hydrogen) atoms. The second-order valence-electron chi connectivity index (χ2n) is 8.45.